The van der Waals surface area contributed by atoms with E-state index in [1.807, 2.05) is 18.2 Å². The monoisotopic (exact) mass is 359 g/mol. The van der Waals surface area contributed by atoms with Gasteiger partial charge in [-0.2, -0.15) is 0 Å². The number of amides is 1. The van der Waals surface area contributed by atoms with Gasteiger partial charge in [0.2, 0.25) is 0 Å². The number of para-hydroxylation sites is 1. The Bertz CT molecular complexity index is 859. The minimum absolute atomic E-state index is 0.196. The van der Waals surface area contributed by atoms with Gasteiger partial charge < -0.3 is 10.1 Å². The standard InChI is InChI=1S/C19H21NO4S/c1-25(22,23)17-8-6-15(7-9-17)19(21)20-13-14-10-11-24-18-5-3-2-4-16(18)12-14/h2-9,14H,10-13H2,1H3,(H,20,21)/t14-/m0/s1. The zero-order valence-electron chi connectivity index (χ0n) is 14.1. The Kier molecular flexibility index (Phi) is 5.08. The number of ether oxygens (including phenoxy) is 1. The van der Waals surface area contributed by atoms with Crippen molar-refractivity contribution in [3.63, 3.8) is 0 Å². The third kappa shape index (κ3) is 4.39. The molecule has 3 rings (SSSR count). The molecule has 0 saturated heterocycles. The minimum atomic E-state index is -3.25. The highest BCUT2D eigenvalue weighted by atomic mass is 32.2. The number of sulfone groups is 1. The molecular weight excluding hydrogens is 338 g/mol. The Morgan fingerprint density at radius 2 is 1.88 bits per heavy atom. The van der Waals surface area contributed by atoms with Gasteiger partial charge in [-0.15, -0.1) is 0 Å². The summed E-state index contributed by atoms with van der Waals surface area (Å²) < 4.78 is 28.7. The van der Waals surface area contributed by atoms with Gasteiger partial charge in [0.1, 0.15) is 5.75 Å². The van der Waals surface area contributed by atoms with Crippen LogP contribution in [-0.2, 0) is 16.3 Å². The van der Waals surface area contributed by atoms with Gasteiger partial charge in [0.15, 0.2) is 9.84 Å². The van der Waals surface area contributed by atoms with Gasteiger partial charge >= 0.3 is 0 Å². The second-order valence-corrected chi connectivity index (χ2v) is 8.34. The predicted octanol–water partition coefficient (Wildman–Crippen LogP) is 2.46. The van der Waals surface area contributed by atoms with Gasteiger partial charge in [-0.25, -0.2) is 8.42 Å². The van der Waals surface area contributed by atoms with Gasteiger partial charge in [0, 0.05) is 18.4 Å². The number of hydrogen-bond acceptors (Lipinski definition) is 4. The van der Waals surface area contributed by atoms with Crippen LogP contribution in [0.4, 0.5) is 0 Å². The Balaban J connectivity index is 1.61. The molecule has 5 nitrogen and oxygen atoms in total. The first kappa shape index (κ1) is 17.5. The molecule has 0 aliphatic carbocycles. The van der Waals surface area contributed by atoms with E-state index in [-0.39, 0.29) is 10.8 Å². The fourth-order valence-corrected chi connectivity index (χ4v) is 3.56. The summed E-state index contributed by atoms with van der Waals surface area (Å²) in [7, 11) is -3.25. The van der Waals surface area contributed by atoms with Crippen molar-refractivity contribution in [3.8, 4) is 5.75 Å². The molecule has 0 spiro atoms. The van der Waals surface area contributed by atoms with E-state index in [2.05, 4.69) is 11.4 Å². The molecule has 132 valence electrons. The minimum Gasteiger partial charge on any atom is -0.493 e. The summed E-state index contributed by atoms with van der Waals surface area (Å²) in [5.74, 6) is 1.04. The maximum absolute atomic E-state index is 12.3. The second kappa shape index (κ2) is 7.27. The molecule has 25 heavy (non-hydrogen) atoms. The molecule has 2 aromatic carbocycles. The zero-order chi connectivity index (χ0) is 17.9. The molecule has 0 saturated carbocycles. The lowest BCUT2D eigenvalue weighted by Gasteiger charge is -2.14. The fraction of sp³-hybridized carbons (Fsp3) is 0.316. The lowest BCUT2D eigenvalue weighted by atomic mass is 9.97. The summed E-state index contributed by atoms with van der Waals surface area (Å²) in [6.45, 7) is 1.20. The van der Waals surface area contributed by atoms with Crippen LogP contribution in [0.5, 0.6) is 5.75 Å². The number of rotatable bonds is 4. The van der Waals surface area contributed by atoms with Crippen LogP contribution >= 0.6 is 0 Å². The molecule has 0 radical (unpaired) electrons. The zero-order valence-corrected chi connectivity index (χ0v) is 14.9. The Labute approximate surface area is 147 Å². The lowest BCUT2D eigenvalue weighted by molar-refractivity contribution is 0.0945. The first-order chi connectivity index (χ1) is 11.9. The highest BCUT2D eigenvalue weighted by Crippen LogP contribution is 2.26. The van der Waals surface area contributed by atoms with Crippen molar-refractivity contribution < 1.29 is 17.9 Å². The number of hydrogen-bond donors (Lipinski definition) is 1. The number of nitrogens with one attached hydrogen (secondary N) is 1. The quantitative estimate of drug-likeness (QED) is 0.910. The van der Waals surface area contributed by atoms with Gasteiger partial charge in [0.25, 0.3) is 5.91 Å². The van der Waals surface area contributed by atoms with Crippen molar-refractivity contribution in [3.05, 3.63) is 59.7 Å². The van der Waals surface area contributed by atoms with Crippen molar-refractivity contribution in [2.75, 3.05) is 19.4 Å². The van der Waals surface area contributed by atoms with Crippen molar-refractivity contribution in [1.29, 1.82) is 0 Å². The number of benzene rings is 2. The summed E-state index contributed by atoms with van der Waals surface area (Å²) >= 11 is 0. The van der Waals surface area contributed by atoms with Gasteiger partial charge in [0.05, 0.1) is 11.5 Å². The van der Waals surface area contributed by atoms with Crippen LogP contribution in [0.3, 0.4) is 0 Å². The lowest BCUT2D eigenvalue weighted by Crippen LogP contribution is -2.30. The van der Waals surface area contributed by atoms with Crippen molar-refractivity contribution in [1.82, 2.24) is 5.32 Å². The average molecular weight is 359 g/mol. The maximum Gasteiger partial charge on any atom is 0.251 e. The topological polar surface area (TPSA) is 72.5 Å². The molecule has 1 aliphatic rings. The summed E-state index contributed by atoms with van der Waals surface area (Å²) in [5, 5.41) is 2.94. The summed E-state index contributed by atoms with van der Waals surface area (Å²) in [4.78, 5) is 12.5. The van der Waals surface area contributed by atoms with E-state index in [0.29, 0.717) is 24.6 Å². The molecule has 1 N–H and O–H groups in total. The van der Waals surface area contributed by atoms with Gasteiger partial charge in [-0.05, 0) is 54.7 Å². The molecule has 2 aromatic rings. The van der Waals surface area contributed by atoms with Crippen LogP contribution in [0.1, 0.15) is 22.3 Å². The third-order valence-corrected chi connectivity index (χ3v) is 5.49. The molecule has 1 atom stereocenters. The van der Waals surface area contributed by atoms with E-state index in [1.54, 1.807) is 0 Å². The molecule has 6 heteroatoms. The molecule has 0 aromatic heterocycles. The second-order valence-electron chi connectivity index (χ2n) is 6.32. The van der Waals surface area contributed by atoms with E-state index in [4.69, 9.17) is 4.74 Å². The number of carbonyl (C=O) groups is 1. The fourth-order valence-electron chi connectivity index (χ4n) is 2.93. The van der Waals surface area contributed by atoms with Crippen LogP contribution in [-0.4, -0.2) is 33.7 Å². The molecule has 1 aliphatic heterocycles. The Morgan fingerprint density at radius 1 is 1.16 bits per heavy atom. The van der Waals surface area contributed by atoms with Crippen molar-refractivity contribution in [2.24, 2.45) is 5.92 Å². The summed E-state index contributed by atoms with van der Waals surface area (Å²) in [6, 6.07) is 14.0. The normalized spacial score (nSPS) is 17.1. The molecule has 1 heterocycles. The highest BCUT2D eigenvalue weighted by molar-refractivity contribution is 7.90. The van der Waals surface area contributed by atoms with E-state index >= 15 is 0 Å². The van der Waals surface area contributed by atoms with Crippen LogP contribution in [0.2, 0.25) is 0 Å². The predicted molar refractivity (Wildman–Crippen MR) is 95.6 cm³/mol. The first-order valence-electron chi connectivity index (χ1n) is 8.22. The molecule has 0 bridgehead atoms. The third-order valence-electron chi connectivity index (χ3n) is 4.36. The van der Waals surface area contributed by atoms with Gasteiger partial charge in [-0.3, -0.25) is 4.79 Å². The molecule has 0 fully saturated rings. The highest BCUT2D eigenvalue weighted by Gasteiger charge is 2.18. The summed E-state index contributed by atoms with van der Waals surface area (Å²) in [5.41, 5.74) is 1.62. The van der Waals surface area contributed by atoms with Gasteiger partial charge in [-0.1, -0.05) is 18.2 Å². The van der Waals surface area contributed by atoms with E-state index < -0.39 is 9.84 Å². The molecule has 0 unspecified atom stereocenters. The Hall–Kier alpha value is -2.34. The molecule has 1 amide bonds. The first-order valence-corrected chi connectivity index (χ1v) is 10.1. The van der Waals surface area contributed by atoms with Crippen molar-refractivity contribution >= 4 is 15.7 Å². The molecular formula is C19H21NO4S. The van der Waals surface area contributed by atoms with E-state index in [0.717, 1.165) is 30.4 Å². The van der Waals surface area contributed by atoms with Crippen LogP contribution in [0.15, 0.2) is 53.4 Å². The Morgan fingerprint density at radius 3 is 2.60 bits per heavy atom. The SMILES string of the molecule is CS(=O)(=O)c1ccc(C(=O)NC[C@H]2CCOc3ccccc3C2)cc1. The smallest absolute Gasteiger partial charge is 0.251 e. The van der Waals surface area contributed by atoms with Crippen molar-refractivity contribution in [2.45, 2.75) is 17.7 Å². The van der Waals surface area contributed by atoms with Crippen LogP contribution in [0.25, 0.3) is 0 Å². The largest absolute Gasteiger partial charge is 0.493 e. The number of carbonyl (C=O) groups excluding carboxylic acids is 1. The van der Waals surface area contributed by atoms with E-state index in [1.165, 1.54) is 24.3 Å². The number of fused-ring (bicyclic) bond motifs is 1. The maximum atomic E-state index is 12.3. The summed E-state index contributed by atoms with van der Waals surface area (Å²) in [6.07, 6.45) is 2.89. The van der Waals surface area contributed by atoms with E-state index in [9.17, 15) is 13.2 Å². The van der Waals surface area contributed by atoms with Crippen LogP contribution in [0, 0.1) is 5.92 Å². The average Bonchev–Trinajstić information content (AvgIpc) is 2.81. The van der Waals surface area contributed by atoms with Crippen LogP contribution < -0.4 is 10.1 Å².